The quantitative estimate of drug-likeness (QED) is 0.493. The van der Waals surface area contributed by atoms with Crippen LogP contribution in [-0.4, -0.2) is 46.3 Å². The summed E-state index contributed by atoms with van der Waals surface area (Å²) in [4.78, 5) is 21.9. The number of hydrogen-bond acceptors (Lipinski definition) is 8. The molecular formula is C23H29FN6O3. The van der Waals surface area contributed by atoms with Gasteiger partial charge in [0.1, 0.15) is 24.3 Å². The molecule has 176 valence electrons. The first-order valence-corrected chi connectivity index (χ1v) is 11.0. The van der Waals surface area contributed by atoms with Crippen molar-refractivity contribution >= 4 is 17.6 Å². The lowest BCUT2D eigenvalue weighted by atomic mass is 10.1. The maximum absolute atomic E-state index is 14.7. The van der Waals surface area contributed by atoms with Crippen LogP contribution in [0.4, 0.5) is 20.7 Å². The third-order valence-electron chi connectivity index (χ3n) is 5.26. The highest BCUT2D eigenvalue weighted by atomic mass is 19.1. The summed E-state index contributed by atoms with van der Waals surface area (Å²) >= 11 is 0. The summed E-state index contributed by atoms with van der Waals surface area (Å²) in [5.74, 6) is 5.76. The van der Waals surface area contributed by atoms with Crippen molar-refractivity contribution in [2.75, 3.05) is 18.1 Å². The number of halogens is 1. The molecule has 33 heavy (non-hydrogen) atoms. The second-order valence-corrected chi connectivity index (χ2v) is 8.13. The second-order valence-electron chi connectivity index (χ2n) is 8.13. The van der Waals surface area contributed by atoms with Gasteiger partial charge < -0.3 is 14.4 Å². The first-order chi connectivity index (χ1) is 15.8. The molecule has 1 aliphatic rings. The molecule has 3 rings (SSSR count). The number of piperidine rings is 1. The molecule has 1 fully saturated rings. The van der Waals surface area contributed by atoms with Gasteiger partial charge in [-0.1, -0.05) is 19.4 Å². The Morgan fingerprint density at radius 2 is 2.09 bits per heavy atom. The highest BCUT2D eigenvalue weighted by molar-refractivity contribution is 5.68. The van der Waals surface area contributed by atoms with E-state index in [4.69, 9.17) is 15.3 Å². The van der Waals surface area contributed by atoms with Crippen molar-refractivity contribution in [3.05, 3.63) is 41.5 Å². The third kappa shape index (κ3) is 5.87. The van der Waals surface area contributed by atoms with E-state index in [-0.39, 0.29) is 41.2 Å². The molecule has 0 bridgehead atoms. The van der Waals surface area contributed by atoms with E-state index in [9.17, 15) is 14.4 Å². The van der Waals surface area contributed by atoms with Gasteiger partial charge in [-0.25, -0.2) is 25.0 Å². The van der Waals surface area contributed by atoms with Crippen molar-refractivity contribution in [1.82, 2.24) is 14.9 Å². The number of amides is 1. The van der Waals surface area contributed by atoms with Crippen LogP contribution >= 0.6 is 0 Å². The van der Waals surface area contributed by atoms with Crippen molar-refractivity contribution in [2.45, 2.75) is 58.7 Å². The zero-order chi connectivity index (χ0) is 24.0. The van der Waals surface area contributed by atoms with Crippen LogP contribution < -0.4 is 15.6 Å². The normalized spacial score (nSPS) is 14.2. The van der Waals surface area contributed by atoms with Crippen LogP contribution in [0.15, 0.2) is 24.5 Å². The first-order valence-electron chi connectivity index (χ1n) is 11.0. The Morgan fingerprint density at radius 3 is 2.70 bits per heavy atom. The van der Waals surface area contributed by atoms with Crippen LogP contribution in [0.5, 0.6) is 5.88 Å². The summed E-state index contributed by atoms with van der Waals surface area (Å²) in [6, 6.07) is 6.82. The van der Waals surface area contributed by atoms with Gasteiger partial charge in [-0.2, -0.15) is 5.26 Å². The lowest BCUT2D eigenvalue weighted by Gasteiger charge is -2.32. The number of hydrazine groups is 1. The lowest BCUT2D eigenvalue weighted by molar-refractivity contribution is 0.0506. The lowest BCUT2D eigenvalue weighted by Crippen LogP contribution is -2.42. The average molecular weight is 457 g/mol. The summed E-state index contributed by atoms with van der Waals surface area (Å²) in [6.45, 7) is 6.55. The Kier molecular flexibility index (Phi) is 8.01. The van der Waals surface area contributed by atoms with E-state index in [0.29, 0.717) is 25.9 Å². The zero-order valence-electron chi connectivity index (χ0n) is 19.1. The van der Waals surface area contributed by atoms with Gasteiger partial charge in [0.15, 0.2) is 11.4 Å². The maximum Gasteiger partial charge on any atom is 0.410 e. The minimum Gasteiger partial charge on any atom is -0.473 e. The molecule has 0 unspecified atom stereocenters. The van der Waals surface area contributed by atoms with Crippen LogP contribution in [0, 0.1) is 17.1 Å². The molecular weight excluding hydrogens is 427 g/mol. The molecule has 0 saturated carbocycles. The van der Waals surface area contributed by atoms with Crippen LogP contribution in [0.2, 0.25) is 0 Å². The summed E-state index contributed by atoms with van der Waals surface area (Å²) in [6.07, 6.45) is 3.20. The molecule has 10 heteroatoms. The third-order valence-corrected chi connectivity index (χ3v) is 5.26. The highest BCUT2D eigenvalue weighted by Gasteiger charge is 2.27. The smallest absolute Gasteiger partial charge is 0.410 e. The van der Waals surface area contributed by atoms with E-state index in [0.717, 1.165) is 23.4 Å². The van der Waals surface area contributed by atoms with Gasteiger partial charge in [-0.05, 0) is 38.0 Å². The fraction of sp³-hybridized carbons (Fsp3) is 0.478. The molecule has 1 aliphatic heterocycles. The Labute approximate surface area is 192 Å². The summed E-state index contributed by atoms with van der Waals surface area (Å²) in [5.41, 5.74) is 0.967. The highest BCUT2D eigenvalue weighted by Crippen LogP contribution is 2.31. The van der Waals surface area contributed by atoms with Crippen molar-refractivity contribution in [2.24, 2.45) is 5.84 Å². The molecule has 1 aromatic carbocycles. The number of rotatable bonds is 7. The topological polar surface area (TPSA) is 118 Å². The number of ether oxygens (including phenoxy) is 2. The molecule has 0 atom stereocenters. The number of likely N-dealkylation sites (tertiary alicyclic amines) is 1. The number of carbonyl (C=O) groups is 1. The van der Waals surface area contributed by atoms with Gasteiger partial charge >= 0.3 is 6.09 Å². The number of carbonyl (C=O) groups excluding carboxylic acids is 1. The molecule has 1 aromatic heterocycles. The Morgan fingerprint density at radius 1 is 1.36 bits per heavy atom. The molecule has 2 heterocycles. The number of nitriles is 1. The monoisotopic (exact) mass is 456 g/mol. The van der Waals surface area contributed by atoms with Crippen molar-refractivity contribution in [3.8, 4) is 11.9 Å². The summed E-state index contributed by atoms with van der Waals surface area (Å²) in [7, 11) is 0. The average Bonchev–Trinajstić information content (AvgIpc) is 2.79. The van der Waals surface area contributed by atoms with Gasteiger partial charge in [0.05, 0.1) is 11.8 Å². The minimum atomic E-state index is -0.505. The molecule has 0 aliphatic carbocycles. The summed E-state index contributed by atoms with van der Waals surface area (Å²) in [5, 5.41) is 10.8. The van der Waals surface area contributed by atoms with E-state index < -0.39 is 5.82 Å². The predicted octanol–water partition coefficient (Wildman–Crippen LogP) is 3.84. The number of aromatic nitrogens is 2. The number of nitrogens with zero attached hydrogens (tertiary/aromatic N) is 5. The van der Waals surface area contributed by atoms with Crippen LogP contribution in [0.25, 0.3) is 0 Å². The van der Waals surface area contributed by atoms with E-state index in [1.165, 1.54) is 12.4 Å². The number of anilines is 2. The van der Waals surface area contributed by atoms with Gasteiger partial charge in [-0.3, -0.25) is 5.01 Å². The molecule has 9 nitrogen and oxygen atoms in total. The van der Waals surface area contributed by atoms with Crippen molar-refractivity contribution < 1.29 is 18.7 Å². The number of benzene rings is 1. The number of hydrogen-bond donors (Lipinski definition) is 1. The Bertz CT molecular complexity index is 1020. The van der Waals surface area contributed by atoms with Gasteiger partial charge in [-0.15, -0.1) is 0 Å². The predicted molar refractivity (Wildman–Crippen MR) is 120 cm³/mol. The SMILES string of the molecule is CCCc1ccc(N(N)c2ncnc(OC3CCN(C(=O)OC(C)C)CC3)c2C#N)c(F)c1. The fourth-order valence-electron chi connectivity index (χ4n) is 3.62. The molecule has 1 amide bonds. The van der Waals surface area contributed by atoms with Gasteiger partial charge in [0, 0.05) is 25.9 Å². The number of aryl methyl sites for hydroxylation is 1. The minimum absolute atomic E-state index is 0.0127. The van der Waals surface area contributed by atoms with Crippen LogP contribution in [0.3, 0.4) is 0 Å². The Balaban J connectivity index is 1.74. The standard InChI is InChI=1S/C23H29FN6O3/c1-4-5-16-6-7-20(19(24)12-16)30(26)21-18(13-25)22(28-14-27-21)33-17-8-10-29(11-9-17)23(31)32-15(2)3/h6-7,12,14-15,17H,4-5,8-11,26H2,1-3H3. The van der Waals surface area contributed by atoms with Crippen molar-refractivity contribution in [3.63, 3.8) is 0 Å². The fourth-order valence-corrected chi connectivity index (χ4v) is 3.62. The molecule has 1 saturated heterocycles. The first kappa shape index (κ1) is 24.2. The van der Waals surface area contributed by atoms with Gasteiger partial charge in [0.25, 0.3) is 0 Å². The number of nitrogens with two attached hydrogens (primary N) is 1. The molecule has 2 aromatic rings. The van der Waals surface area contributed by atoms with E-state index >= 15 is 0 Å². The van der Waals surface area contributed by atoms with E-state index in [2.05, 4.69) is 9.97 Å². The van der Waals surface area contributed by atoms with Crippen LogP contribution in [-0.2, 0) is 11.2 Å². The van der Waals surface area contributed by atoms with Crippen LogP contribution in [0.1, 0.15) is 51.2 Å². The van der Waals surface area contributed by atoms with Gasteiger partial charge in [0.2, 0.25) is 5.88 Å². The van der Waals surface area contributed by atoms with Crippen molar-refractivity contribution in [1.29, 1.82) is 5.26 Å². The molecule has 2 N–H and O–H groups in total. The zero-order valence-corrected chi connectivity index (χ0v) is 19.1. The second kappa shape index (κ2) is 10.9. The molecule has 0 radical (unpaired) electrons. The van der Waals surface area contributed by atoms with E-state index in [1.807, 2.05) is 13.0 Å². The molecule has 0 spiro atoms. The largest absolute Gasteiger partial charge is 0.473 e. The maximum atomic E-state index is 14.7. The van der Waals surface area contributed by atoms with E-state index in [1.54, 1.807) is 30.9 Å². The summed E-state index contributed by atoms with van der Waals surface area (Å²) < 4.78 is 25.9. The Hall–Kier alpha value is -3.45.